The molecule has 94 valence electrons. The van der Waals surface area contributed by atoms with E-state index in [4.69, 9.17) is 5.11 Å². The van der Waals surface area contributed by atoms with Crippen molar-refractivity contribution in [2.45, 2.75) is 6.92 Å². The summed E-state index contributed by atoms with van der Waals surface area (Å²) in [5.41, 5.74) is 0. The van der Waals surface area contributed by atoms with E-state index in [9.17, 15) is 14.4 Å². The summed E-state index contributed by atoms with van der Waals surface area (Å²) in [5, 5.41) is 8.07. The van der Waals surface area contributed by atoms with Gasteiger partial charge in [-0.15, -0.1) is 0 Å². The molecule has 1 N–H and O–H groups in total. The minimum Gasteiger partial charge on any atom is -0.478 e. The van der Waals surface area contributed by atoms with Crippen molar-refractivity contribution in [1.82, 2.24) is 0 Å². The molecule has 0 aromatic heterocycles. The molecule has 0 bridgehead atoms. The molecule has 0 radical (unpaired) electrons. The third-order valence-electron chi connectivity index (χ3n) is 0.955. The molecule has 6 nitrogen and oxygen atoms in total. The molecule has 0 aliphatic heterocycles. The first kappa shape index (κ1) is 17.0. The van der Waals surface area contributed by atoms with Crippen molar-refractivity contribution in [3.05, 3.63) is 37.6 Å². The van der Waals surface area contributed by atoms with Crippen LogP contribution in [0.3, 0.4) is 0 Å². The lowest BCUT2D eigenvalue weighted by Crippen LogP contribution is -2.01. The second kappa shape index (κ2) is 11.7. The molecule has 0 aromatic carbocycles. The predicted octanol–water partition coefficient (Wildman–Crippen LogP) is 1.05. The summed E-state index contributed by atoms with van der Waals surface area (Å²) in [6, 6.07) is 0. The molecule has 0 fully saturated rings. The van der Waals surface area contributed by atoms with Crippen LogP contribution < -0.4 is 0 Å². The van der Waals surface area contributed by atoms with Gasteiger partial charge in [0, 0.05) is 19.1 Å². The summed E-state index contributed by atoms with van der Waals surface area (Å²) in [6.45, 7) is 7.88. The molecule has 0 rings (SSSR count). The average molecular weight is 242 g/mol. The summed E-state index contributed by atoms with van der Waals surface area (Å²) in [7, 11) is 0. The number of hydrogen-bond donors (Lipinski definition) is 1. The molecule has 0 aromatic rings. The molecule has 0 spiro atoms. The van der Waals surface area contributed by atoms with Gasteiger partial charge in [-0.25, -0.2) is 9.59 Å². The summed E-state index contributed by atoms with van der Waals surface area (Å²) < 4.78 is 8.60. The maximum atomic E-state index is 10.5. The largest absolute Gasteiger partial charge is 0.478 e. The first-order chi connectivity index (χ1) is 7.93. The van der Waals surface area contributed by atoms with E-state index in [2.05, 4.69) is 22.6 Å². The lowest BCUT2D eigenvalue weighted by atomic mass is 10.5. The minimum atomic E-state index is -1.18. The molecule has 0 atom stereocenters. The van der Waals surface area contributed by atoms with Gasteiger partial charge in [-0.2, -0.15) is 0 Å². The molecule has 0 saturated carbocycles. The molecule has 0 heterocycles. The van der Waals surface area contributed by atoms with Gasteiger partial charge in [0.25, 0.3) is 0 Å². The van der Waals surface area contributed by atoms with Crippen molar-refractivity contribution in [3.8, 4) is 0 Å². The van der Waals surface area contributed by atoms with Crippen LogP contribution in [0.4, 0.5) is 0 Å². The van der Waals surface area contributed by atoms with E-state index in [-0.39, 0.29) is 12.6 Å². The van der Waals surface area contributed by atoms with Crippen LogP contribution in [0.2, 0.25) is 0 Å². The number of rotatable bonds is 5. The van der Waals surface area contributed by atoms with E-state index in [1.807, 2.05) is 0 Å². The Hall–Kier alpha value is -2.37. The van der Waals surface area contributed by atoms with Gasteiger partial charge in [-0.1, -0.05) is 19.2 Å². The highest BCUT2D eigenvalue weighted by atomic mass is 16.5. The van der Waals surface area contributed by atoms with E-state index in [0.717, 1.165) is 12.3 Å². The van der Waals surface area contributed by atoms with Crippen LogP contribution in [0.5, 0.6) is 0 Å². The van der Waals surface area contributed by atoms with E-state index in [1.165, 1.54) is 13.0 Å². The standard InChI is InChI=1S/C7H8O4.C4H6O2/c1-2-5-11-7(10)4-3-6(8)9;1-3-6-4(2)5/h2-4H,1,5H2,(H,8,9);3H,1H2,2H3/b4-3-;. The minimum absolute atomic E-state index is 0.0861. The maximum Gasteiger partial charge on any atom is 0.331 e. The zero-order valence-corrected chi connectivity index (χ0v) is 9.42. The van der Waals surface area contributed by atoms with E-state index in [1.54, 1.807) is 0 Å². The third kappa shape index (κ3) is 19.9. The van der Waals surface area contributed by atoms with Crippen molar-refractivity contribution in [2.24, 2.45) is 0 Å². The topological polar surface area (TPSA) is 89.9 Å². The van der Waals surface area contributed by atoms with E-state index < -0.39 is 11.9 Å². The monoisotopic (exact) mass is 242 g/mol. The second-order valence-corrected chi connectivity index (χ2v) is 2.37. The van der Waals surface area contributed by atoms with Gasteiger partial charge >= 0.3 is 17.9 Å². The van der Waals surface area contributed by atoms with Crippen LogP contribution in [-0.2, 0) is 23.9 Å². The SMILES string of the molecule is C=CCOC(=O)/C=C\C(=O)O.C=COC(C)=O. The quantitative estimate of drug-likeness (QED) is 0.335. The van der Waals surface area contributed by atoms with Crippen LogP contribution >= 0.6 is 0 Å². The third-order valence-corrected chi connectivity index (χ3v) is 0.955. The normalized spacial score (nSPS) is 8.53. The van der Waals surface area contributed by atoms with Gasteiger partial charge in [0.1, 0.15) is 6.61 Å². The second-order valence-electron chi connectivity index (χ2n) is 2.37. The number of ether oxygens (including phenoxy) is 2. The number of carboxylic acid groups (broad SMARTS) is 1. The highest BCUT2D eigenvalue weighted by Crippen LogP contribution is 1.81. The van der Waals surface area contributed by atoms with Crippen molar-refractivity contribution in [2.75, 3.05) is 6.61 Å². The van der Waals surface area contributed by atoms with Crippen LogP contribution in [0.1, 0.15) is 6.92 Å². The van der Waals surface area contributed by atoms with Crippen LogP contribution in [0, 0.1) is 0 Å². The number of carbonyl (C=O) groups is 3. The molecule has 0 amide bonds. The van der Waals surface area contributed by atoms with Gasteiger partial charge in [0.2, 0.25) is 0 Å². The predicted molar refractivity (Wildman–Crippen MR) is 59.9 cm³/mol. The molecule has 0 saturated heterocycles. The van der Waals surface area contributed by atoms with Crippen LogP contribution in [0.25, 0.3) is 0 Å². The molecule has 17 heavy (non-hydrogen) atoms. The number of esters is 2. The Morgan fingerprint density at radius 3 is 2.12 bits per heavy atom. The van der Waals surface area contributed by atoms with Crippen molar-refractivity contribution in [3.63, 3.8) is 0 Å². The number of hydrogen-bond acceptors (Lipinski definition) is 5. The number of carboxylic acids is 1. The molecule has 6 heteroatoms. The average Bonchev–Trinajstić information content (AvgIpc) is 2.24. The van der Waals surface area contributed by atoms with Crippen LogP contribution in [0.15, 0.2) is 37.6 Å². The Bertz CT molecular complexity index is 316. The van der Waals surface area contributed by atoms with Crippen molar-refractivity contribution in [1.29, 1.82) is 0 Å². The summed E-state index contributed by atoms with van der Waals surface area (Å²) in [5.74, 6) is -2.20. The van der Waals surface area contributed by atoms with E-state index >= 15 is 0 Å². The number of aliphatic carboxylic acids is 1. The fourth-order valence-corrected chi connectivity index (χ4v) is 0.446. The summed E-state index contributed by atoms with van der Waals surface area (Å²) in [6.07, 6.45) is 4.05. The van der Waals surface area contributed by atoms with Gasteiger partial charge in [0.15, 0.2) is 0 Å². The lowest BCUT2D eigenvalue weighted by molar-refractivity contribution is -0.137. The molecule has 0 aliphatic rings. The van der Waals surface area contributed by atoms with Gasteiger partial charge < -0.3 is 14.6 Å². The maximum absolute atomic E-state index is 10.5. The Kier molecular flexibility index (Phi) is 11.7. The van der Waals surface area contributed by atoms with Gasteiger partial charge in [-0.05, 0) is 0 Å². The van der Waals surface area contributed by atoms with Crippen molar-refractivity contribution >= 4 is 17.9 Å². The summed E-state index contributed by atoms with van der Waals surface area (Å²) >= 11 is 0. The zero-order chi connectivity index (χ0) is 13.7. The zero-order valence-electron chi connectivity index (χ0n) is 9.42. The van der Waals surface area contributed by atoms with Gasteiger partial charge in [-0.3, -0.25) is 4.79 Å². The Morgan fingerprint density at radius 2 is 1.82 bits per heavy atom. The van der Waals surface area contributed by atoms with Crippen molar-refractivity contribution < 1.29 is 29.0 Å². The summed E-state index contributed by atoms with van der Waals surface area (Å²) in [4.78, 5) is 30.1. The lowest BCUT2D eigenvalue weighted by Gasteiger charge is -1.93. The smallest absolute Gasteiger partial charge is 0.331 e. The Morgan fingerprint density at radius 1 is 1.24 bits per heavy atom. The molecule has 0 aliphatic carbocycles. The Labute approximate surface area is 98.8 Å². The van der Waals surface area contributed by atoms with Gasteiger partial charge in [0.05, 0.1) is 6.26 Å². The van der Waals surface area contributed by atoms with E-state index in [0.29, 0.717) is 6.08 Å². The van der Waals surface area contributed by atoms with Crippen LogP contribution in [-0.4, -0.2) is 29.6 Å². The molecular weight excluding hydrogens is 228 g/mol. The number of carbonyl (C=O) groups excluding carboxylic acids is 2. The fraction of sp³-hybridized carbons (Fsp3) is 0.182. The molecule has 0 unspecified atom stereocenters. The fourth-order valence-electron chi connectivity index (χ4n) is 0.446. The first-order valence-electron chi connectivity index (χ1n) is 4.40. The highest BCUT2D eigenvalue weighted by molar-refractivity contribution is 5.90. The first-order valence-corrected chi connectivity index (χ1v) is 4.40. The Balaban J connectivity index is 0. The molecular formula is C11H14O6. The highest BCUT2D eigenvalue weighted by Gasteiger charge is 1.94.